The van der Waals surface area contributed by atoms with Gasteiger partial charge in [0.25, 0.3) is 5.78 Å². The second-order valence-corrected chi connectivity index (χ2v) is 13.6. The van der Waals surface area contributed by atoms with Crippen LogP contribution in [-0.4, -0.2) is 46.8 Å². The number of Topliss-reactive ketones (excluding diaryl/α,β-unsaturated/α-hetero) is 1. The first-order valence-electron chi connectivity index (χ1n) is 14.9. The minimum absolute atomic E-state index is 0.00545. The molecule has 2 aliphatic heterocycles. The van der Waals surface area contributed by atoms with Gasteiger partial charge in [-0.15, -0.1) is 10.2 Å². The second kappa shape index (κ2) is 13.7. The number of ether oxygens (including phenoxy) is 3. The topological polar surface area (TPSA) is 111 Å². The van der Waals surface area contributed by atoms with Crippen LogP contribution in [0.3, 0.4) is 0 Å². The Hall–Kier alpha value is -4.06. The van der Waals surface area contributed by atoms with Gasteiger partial charge >= 0.3 is 5.91 Å². The van der Waals surface area contributed by atoms with Gasteiger partial charge in [0.2, 0.25) is 5.13 Å². The molecule has 1 N–H and O–H groups in total. The summed E-state index contributed by atoms with van der Waals surface area (Å²) < 4.78 is 18.0. The highest BCUT2D eigenvalue weighted by Crippen LogP contribution is 2.46. The van der Waals surface area contributed by atoms with Crippen molar-refractivity contribution in [3.8, 4) is 17.2 Å². The smallest absolute Gasteiger partial charge is 0.301 e. The number of aliphatic hydroxyl groups is 1. The van der Waals surface area contributed by atoms with Gasteiger partial charge in [-0.3, -0.25) is 14.5 Å². The fourth-order valence-corrected chi connectivity index (χ4v) is 7.64. The van der Waals surface area contributed by atoms with E-state index in [0.717, 1.165) is 29.7 Å². The van der Waals surface area contributed by atoms with Crippen LogP contribution in [0.5, 0.6) is 17.2 Å². The zero-order valence-electron chi connectivity index (χ0n) is 25.5. The number of nitrogens with zero attached hydrogens (tertiary/aromatic N) is 3. The number of aromatic nitrogens is 2. The van der Waals surface area contributed by atoms with Gasteiger partial charge in [0.1, 0.15) is 17.6 Å². The molecule has 1 aromatic heterocycles. The number of hydrogen-bond donors (Lipinski definition) is 1. The van der Waals surface area contributed by atoms with Crippen LogP contribution in [0.4, 0.5) is 5.13 Å². The van der Waals surface area contributed by atoms with E-state index in [4.69, 9.17) is 25.8 Å². The fourth-order valence-electron chi connectivity index (χ4n) is 5.48. The van der Waals surface area contributed by atoms with Crippen LogP contribution in [-0.2, 0) is 21.8 Å². The van der Waals surface area contributed by atoms with E-state index in [9.17, 15) is 14.7 Å². The molecule has 0 saturated carbocycles. The van der Waals surface area contributed by atoms with Gasteiger partial charge in [-0.05, 0) is 66.4 Å². The Bertz CT molecular complexity index is 1830. The Morgan fingerprint density at radius 1 is 1.13 bits per heavy atom. The molecule has 4 aromatic rings. The number of unbranched alkanes of at least 4 members (excludes halogenated alkanes) is 1. The monoisotopic (exact) mass is 677 g/mol. The van der Waals surface area contributed by atoms with E-state index in [2.05, 4.69) is 17.1 Å². The maximum Gasteiger partial charge on any atom is 0.301 e. The summed E-state index contributed by atoms with van der Waals surface area (Å²) in [4.78, 5) is 28.8. The Morgan fingerprint density at radius 3 is 2.74 bits per heavy atom. The van der Waals surface area contributed by atoms with Crippen LogP contribution in [0.25, 0.3) is 5.76 Å². The molecule has 3 heterocycles. The number of benzene rings is 3. The molecular formula is C34H32ClN3O6S2. The molecule has 46 heavy (non-hydrogen) atoms. The summed E-state index contributed by atoms with van der Waals surface area (Å²) in [6, 6.07) is 17.1. The van der Waals surface area contributed by atoms with Gasteiger partial charge in [-0.1, -0.05) is 72.3 Å². The van der Waals surface area contributed by atoms with E-state index in [1.807, 2.05) is 31.2 Å². The maximum atomic E-state index is 13.8. The number of methoxy groups -OCH3 is 1. The van der Waals surface area contributed by atoms with Crippen molar-refractivity contribution >= 4 is 57.3 Å². The fraction of sp³-hybridized carbons (Fsp3) is 0.294. The van der Waals surface area contributed by atoms with Crippen LogP contribution in [0, 0.1) is 0 Å². The van der Waals surface area contributed by atoms with Crippen molar-refractivity contribution in [3.05, 3.63) is 93.5 Å². The van der Waals surface area contributed by atoms with Crippen molar-refractivity contribution in [3.63, 3.8) is 0 Å². The number of hydrogen-bond acceptors (Lipinski definition) is 10. The van der Waals surface area contributed by atoms with E-state index in [-0.39, 0.29) is 22.6 Å². The molecule has 0 aliphatic carbocycles. The summed E-state index contributed by atoms with van der Waals surface area (Å²) in [5, 5.41) is 21.2. The van der Waals surface area contributed by atoms with Crippen molar-refractivity contribution in [1.82, 2.24) is 10.2 Å². The first kappa shape index (κ1) is 31.9. The largest absolute Gasteiger partial charge is 0.507 e. The molecule has 6 rings (SSSR count). The van der Waals surface area contributed by atoms with E-state index in [1.54, 1.807) is 36.4 Å². The van der Waals surface area contributed by atoms with E-state index < -0.39 is 17.7 Å². The van der Waals surface area contributed by atoms with E-state index >= 15 is 0 Å². The normalized spacial score (nSPS) is 18.5. The first-order chi connectivity index (χ1) is 22.3. The molecule has 1 saturated heterocycles. The molecule has 3 aromatic carbocycles. The summed E-state index contributed by atoms with van der Waals surface area (Å²) in [5.74, 6) is 0.345. The predicted octanol–water partition coefficient (Wildman–Crippen LogP) is 7.62. The van der Waals surface area contributed by atoms with E-state index in [1.165, 1.54) is 35.1 Å². The average molecular weight is 678 g/mol. The third-order valence-electron chi connectivity index (χ3n) is 7.78. The summed E-state index contributed by atoms with van der Waals surface area (Å²) in [6.07, 6.45) is 2.53. The van der Waals surface area contributed by atoms with Crippen LogP contribution in [0.1, 0.15) is 55.0 Å². The Labute approximate surface area is 280 Å². The number of thioether (sulfide) groups is 1. The lowest BCUT2D eigenvalue weighted by Crippen LogP contribution is -2.29. The minimum atomic E-state index is -1.00. The number of ketones is 1. The zero-order valence-corrected chi connectivity index (χ0v) is 27.9. The number of aliphatic hydroxyl groups excluding tert-OH is 1. The number of carbonyl (C=O) groups is 2. The zero-order chi connectivity index (χ0) is 32.4. The quantitative estimate of drug-likeness (QED) is 0.0428. The molecule has 9 nitrogen and oxygen atoms in total. The van der Waals surface area contributed by atoms with Crippen molar-refractivity contribution in [2.45, 2.75) is 55.3 Å². The SMILES string of the molecule is CCCCOc1ccc(C2/C(=C(\O)c3ccc4c(c3)CC(C)O4)C(=O)C(=O)N2c2nnc(SCc3ccccc3Cl)s2)cc1OC. The lowest BCUT2D eigenvalue weighted by atomic mass is 9.94. The number of fused-ring (bicyclic) bond motifs is 1. The summed E-state index contributed by atoms with van der Waals surface area (Å²) in [5.41, 5.74) is 2.76. The van der Waals surface area contributed by atoms with Gasteiger partial charge < -0.3 is 19.3 Å². The number of carbonyl (C=O) groups excluding carboxylic acids is 2. The van der Waals surface area contributed by atoms with Gasteiger partial charge in [0.15, 0.2) is 15.8 Å². The van der Waals surface area contributed by atoms with Crippen molar-refractivity contribution < 1.29 is 28.9 Å². The third-order valence-corrected chi connectivity index (χ3v) is 10.3. The van der Waals surface area contributed by atoms with Crippen LogP contribution in [0.2, 0.25) is 5.02 Å². The highest BCUT2D eigenvalue weighted by Gasteiger charge is 2.48. The summed E-state index contributed by atoms with van der Waals surface area (Å²) in [6.45, 7) is 4.57. The molecule has 1 amide bonds. The molecule has 2 unspecified atom stereocenters. The molecule has 0 spiro atoms. The summed E-state index contributed by atoms with van der Waals surface area (Å²) >= 11 is 8.95. The van der Waals surface area contributed by atoms with Crippen LogP contribution >= 0.6 is 34.7 Å². The standard InChI is InChI=1S/C34H32ClN3O6S2/c1-4-5-14-43-26-13-10-20(17-27(26)42-3)29-28(30(39)21-11-12-25-23(16-21)15-19(2)44-25)31(40)32(41)38(29)33-36-37-34(46-33)45-18-22-8-6-7-9-24(22)35/h6-13,16-17,19,29,39H,4-5,14-15,18H2,1-3H3/b30-28+. The molecule has 2 atom stereocenters. The maximum absolute atomic E-state index is 13.8. The lowest BCUT2D eigenvalue weighted by Gasteiger charge is -2.23. The van der Waals surface area contributed by atoms with Crippen molar-refractivity contribution in [2.24, 2.45) is 0 Å². The molecular weight excluding hydrogens is 646 g/mol. The first-order valence-corrected chi connectivity index (χ1v) is 17.1. The molecule has 1 fully saturated rings. The average Bonchev–Trinajstić information content (AvgIpc) is 3.75. The van der Waals surface area contributed by atoms with Crippen LogP contribution < -0.4 is 19.1 Å². The van der Waals surface area contributed by atoms with Gasteiger partial charge in [-0.2, -0.15) is 0 Å². The number of anilines is 1. The number of halogens is 1. The molecule has 0 radical (unpaired) electrons. The number of amides is 1. The Balaban J connectivity index is 1.41. The Kier molecular flexibility index (Phi) is 9.53. The number of rotatable bonds is 11. The van der Waals surface area contributed by atoms with Gasteiger partial charge in [-0.25, -0.2) is 0 Å². The summed E-state index contributed by atoms with van der Waals surface area (Å²) in [7, 11) is 1.53. The van der Waals surface area contributed by atoms with Crippen molar-refractivity contribution in [1.29, 1.82) is 0 Å². The van der Waals surface area contributed by atoms with Crippen molar-refractivity contribution in [2.75, 3.05) is 18.6 Å². The van der Waals surface area contributed by atoms with E-state index in [0.29, 0.717) is 50.8 Å². The predicted molar refractivity (Wildman–Crippen MR) is 179 cm³/mol. The van der Waals surface area contributed by atoms with Crippen LogP contribution in [0.15, 0.2) is 70.6 Å². The molecule has 0 bridgehead atoms. The molecule has 2 aliphatic rings. The highest BCUT2D eigenvalue weighted by atomic mass is 35.5. The van der Waals surface area contributed by atoms with Gasteiger partial charge in [0, 0.05) is 22.8 Å². The third kappa shape index (κ3) is 6.31. The molecule has 12 heteroatoms. The van der Waals surface area contributed by atoms with Gasteiger partial charge in [0.05, 0.1) is 25.3 Å². The Morgan fingerprint density at radius 2 is 1.96 bits per heavy atom. The highest BCUT2D eigenvalue weighted by molar-refractivity contribution is 8.00. The molecule has 238 valence electrons. The minimum Gasteiger partial charge on any atom is -0.507 e. The second-order valence-electron chi connectivity index (χ2n) is 11.0. The lowest BCUT2D eigenvalue weighted by molar-refractivity contribution is -0.132.